The molecule has 1 N–H and O–H groups in total. The van der Waals surface area contributed by atoms with Gasteiger partial charge in [-0.05, 0) is 43.5 Å². The van der Waals surface area contributed by atoms with E-state index in [4.69, 9.17) is 0 Å². The number of sulfonamides is 1. The standard InChI is InChI=1S/C14H19BrN2O3S/c1-10-9-12(3-4-13(10)15)21(19,20)17-7-5-11(6-8-17)14(18)16-2/h3-4,9,11H,5-8H2,1-2H3,(H,16,18). The first kappa shape index (κ1) is 16.5. The maximum atomic E-state index is 12.6. The molecule has 1 saturated heterocycles. The van der Waals surface area contributed by atoms with Crippen LogP contribution in [0.4, 0.5) is 0 Å². The summed E-state index contributed by atoms with van der Waals surface area (Å²) in [5.74, 6) is -0.0976. The van der Waals surface area contributed by atoms with Crippen molar-refractivity contribution >= 4 is 31.9 Å². The Morgan fingerprint density at radius 3 is 2.48 bits per heavy atom. The van der Waals surface area contributed by atoms with E-state index in [1.165, 1.54) is 4.31 Å². The minimum atomic E-state index is -3.48. The Hall–Kier alpha value is -0.920. The smallest absolute Gasteiger partial charge is 0.243 e. The Labute approximate surface area is 133 Å². The van der Waals surface area contributed by atoms with Crippen molar-refractivity contribution in [2.45, 2.75) is 24.7 Å². The second-order valence-corrected chi connectivity index (χ2v) is 8.00. The lowest BCUT2D eigenvalue weighted by Crippen LogP contribution is -2.42. The van der Waals surface area contributed by atoms with Crippen LogP contribution in [0.1, 0.15) is 18.4 Å². The first-order chi connectivity index (χ1) is 9.86. The average molecular weight is 375 g/mol. The molecule has 0 aromatic heterocycles. The van der Waals surface area contributed by atoms with E-state index in [2.05, 4.69) is 21.2 Å². The zero-order chi connectivity index (χ0) is 15.6. The van der Waals surface area contributed by atoms with Crippen LogP contribution in [0.15, 0.2) is 27.6 Å². The summed E-state index contributed by atoms with van der Waals surface area (Å²) in [7, 11) is -1.87. The summed E-state index contributed by atoms with van der Waals surface area (Å²) in [5, 5.41) is 2.62. The number of piperidine rings is 1. The van der Waals surface area contributed by atoms with Gasteiger partial charge in [-0.3, -0.25) is 4.79 Å². The summed E-state index contributed by atoms with van der Waals surface area (Å²) in [6.45, 7) is 2.63. The minimum absolute atomic E-state index is 0.00784. The number of hydrogen-bond acceptors (Lipinski definition) is 3. The van der Waals surface area contributed by atoms with Crippen molar-refractivity contribution in [3.63, 3.8) is 0 Å². The van der Waals surface area contributed by atoms with E-state index in [-0.39, 0.29) is 11.8 Å². The summed E-state index contributed by atoms with van der Waals surface area (Å²) >= 11 is 3.37. The molecule has 1 aliphatic heterocycles. The molecule has 7 heteroatoms. The number of carbonyl (C=O) groups excluding carboxylic acids is 1. The van der Waals surface area contributed by atoms with Crippen LogP contribution in [0.3, 0.4) is 0 Å². The Bertz CT molecular complexity index is 638. The van der Waals surface area contributed by atoms with Gasteiger partial charge in [0.2, 0.25) is 15.9 Å². The molecule has 21 heavy (non-hydrogen) atoms. The van der Waals surface area contributed by atoms with Crippen molar-refractivity contribution in [2.24, 2.45) is 5.92 Å². The second kappa shape index (κ2) is 6.46. The lowest BCUT2D eigenvalue weighted by atomic mass is 9.97. The lowest BCUT2D eigenvalue weighted by Gasteiger charge is -2.30. The van der Waals surface area contributed by atoms with Crippen LogP contribution in [0.5, 0.6) is 0 Å². The van der Waals surface area contributed by atoms with Gasteiger partial charge in [0, 0.05) is 30.5 Å². The third-order valence-electron chi connectivity index (χ3n) is 3.84. The Morgan fingerprint density at radius 2 is 1.95 bits per heavy atom. The molecule has 1 heterocycles. The molecule has 0 aliphatic carbocycles. The van der Waals surface area contributed by atoms with Crippen LogP contribution in [-0.4, -0.2) is 38.8 Å². The van der Waals surface area contributed by atoms with Gasteiger partial charge in [-0.2, -0.15) is 4.31 Å². The number of amides is 1. The van der Waals surface area contributed by atoms with E-state index in [0.717, 1.165) is 10.0 Å². The largest absolute Gasteiger partial charge is 0.359 e. The van der Waals surface area contributed by atoms with E-state index in [1.807, 2.05) is 6.92 Å². The highest BCUT2D eigenvalue weighted by Crippen LogP contribution is 2.26. The molecule has 0 saturated carbocycles. The SMILES string of the molecule is CNC(=O)C1CCN(S(=O)(=O)c2ccc(Br)c(C)c2)CC1. The number of aryl methyl sites for hydroxylation is 1. The predicted molar refractivity (Wildman–Crippen MR) is 84.4 cm³/mol. The van der Waals surface area contributed by atoms with Crippen molar-refractivity contribution in [1.82, 2.24) is 9.62 Å². The van der Waals surface area contributed by atoms with Gasteiger partial charge in [0.25, 0.3) is 0 Å². The predicted octanol–water partition coefficient (Wildman–Crippen LogP) is 1.90. The monoisotopic (exact) mass is 374 g/mol. The van der Waals surface area contributed by atoms with Gasteiger partial charge < -0.3 is 5.32 Å². The van der Waals surface area contributed by atoms with E-state index < -0.39 is 10.0 Å². The summed E-state index contributed by atoms with van der Waals surface area (Å²) < 4.78 is 27.6. The molecule has 5 nitrogen and oxygen atoms in total. The van der Waals surface area contributed by atoms with Crippen LogP contribution >= 0.6 is 15.9 Å². The Morgan fingerprint density at radius 1 is 1.33 bits per heavy atom. The normalized spacial score (nSPS) is 17.7. The molecule has 2 rings (SSSR count). The number of carbonyl (C=O) groups is 1. The van der Waals surface area contributed by atoms with Gasteiger partial charge in [-0.1, -0.05) is 15.9 Å². The number of halogens is 1. The molecule has 0 unspecified atom stereocenters. The topological polar surface area (TPSA) is 66.5 Å². The molecule has 0 bridgehead atoms. The summed E-state index contributed by atoms with van der Waals surface area (Å²) in [6, 6.07) is 5.03. The van der Waals surface area contributed by atoms with Gasteiger partial charge in [0.05, 0.1) is 4.90 Å². The van der Waals surface area contributed by atoms with Crippen molar-refractivity contribution in [3.05, 3.63) is 28.2 Å². The molecule has 1 fully saturated rings. The number of rotatable bonds is 3. The minimum Gasteiger partial charge on any atom is -0.359 e. The molecule has 116 valence electrons. The van der Waals surface area contributed by atoms with E-state index in [9.17, 15) is 13.2 Å². The second-order valence-electron chi connectivity index (χ2n) is 5.20. The summed E-state index contributed by atoms with van der Waals surface area (Å²) in [5.41, 5.74) is 0.885. The third-order valence-corrected chi connectivity index (χ3v) is 6.62. The first-order valence-electron chi connectivity index (χ1n) is 6.84. The highest BCUT2D eigenvalue weighted by atomic mass is 79.9. The Balaban J connectivity index is 2.14. The van der Waals surface area contributed by atoms with Crippen LogP contribution < -0.4 is 5.32 Å². The van der Waals surface area contributed by atoms with Crippen LogP contribution in [0.2, 0.25) is 0 Å². The van der Waals surface area contributed by atoms with Crippen molar-refractivity contribution < 1.29 is 13.2 Å². The molecule has 0 spiro atoms. The number of nitrogens with zero attached hydrogens (tertiary/aromatic N) is 1. The number of benzene rings is 1. The molecule has 1 aliphatic rings. The fourth-order valence-electron chi connectivity index (χ4n) is 2.49. The van der Waals surface area contributed by atoms with Crippen molar-refractivity contribution in [2.75, 3.05) is 20.1 Å². The maximum Gasteiger partial charge on any atom is 0.243 e. The third kappa shape index (κ3) is 3.46. The number of hydrogen-bond donors (Lipinski definition) is 1. The molecular weight excluding hydrogens is 356 g/mol. The molecule has 0 radical (unpaired) electrons. The fourth-order valence-corrected chi connectivity index (χ4v) is 4.29. The molecule has 1 aromatic carbocycles. The zero-order valence-corrected chi connectivity index (χ0v) is 14.5. The van der Waals surface area contributed by atoms with Crippen LogP contribution in [0.25, 0.3) is 0 Å². The van der Waals surface area contributed by atoms with Crippen molar-refractivity contribution in [1.29, 1.82) is 0 Å². The van der Waals surface area contributed by atoms with Gasteiger partial charge in [-0.25, -0.2) is 8.42 Å². The highest BCUT2D eigenvalue weighted by molar-refractivity contribution is 9.10. The zero-order valence-electron chi connectivity index (χ0n) is 12.1. The molecule has 1 aromatic rings. The fraction of sp³-hybridized carbons (Fsp3) is 0.500. The van der Waals surface area contributed by atoms with Crippen molar-refractivity contribution in [3.8, 4) is 0 Å². The van der Waals surface area contributed by atoms with Crippen LogP contribution in [0, 0.1) is 12.8 Å². The summed E-state index contributed by atoms with van der Waals surface area (Å²) in [4.78, 5) is 11.9. The van der Waals surface area contributed by atoms with Gasteiger partial charge in [-0.15, -0.1) is 0 Å². The molecule has 0 atom stereocenters. The van der Waals surface area contributed by atoms with E-state index in [0.29, 0.717) is 30.8 Å². The maximum absolute atomic E-state index is 12.6. The Kier molecular flexibility index (Phi) is 5.06. The van der Waals surface area contributed by atoms with E-state index >= 15 is 0 Å². The average Bonchev–Trinajstić information content (AvgIpc) is 2.49. The van der Waals surface area contributed by atoms with Gasteiger partial charge >= 0.3 is 0 Å². The first-order valence-corrected chi connectivity index (χ1v) is 9.07. The molecular formula is C14H19BrN2O3S. The quantitative estimate of drug-likeness (QED) is 0.878. The van der Waals surface area contributed by atoms with Crippen LogP contribution in [-0.2, 0) is 14.8 Å². The highest BCUT2D eigenvalue weighted by Gasteiger charge is 2.31. The molecule has 1 amide bonds. The lowest BCUT2D eigenvalue weighted by molar-refractivity contribution is -0.125. The number of nitrogens with one attached hydrogen (secondary N) is 1. The summed E-state index contributed by atoms with van der Waals surface area (Å²) in [6.07, 6.45) is 1.13. The van der Waals surface area contributed by atoms with E-state index in [1.54, 1.807) is 25.2 Å². The van der Waals surface area contributed by atoms with Gasteiger partial charge in [0.1, 0.15) is 0 Å². The van der Waals surface area contributed by atoms with Gasteiger partial charge in [0.15, 0.2) is 0 Å².